The van der Waals surface area contributed by atoms with Crippen LogP contribution in [-0.4, -0.2) is 43.3 Å². The van der Waals surface area contributed by atoms with Gasteiger partial charge in [0.2, 0.25) is 0 Å². The van der Waals surface area contributed by atoms with Gasteiger partial charge < -0.3 is 19.9 Å². The lowest BCUT2D eigenvalue weighted by molar-refractivity contribution is -0.138. The molecule has 0 aliphatic carbocycles. The minimum Gasteiger partial charge on any atom is -0.491 e. The number of benzene rings is 1. The van der Waals surface area contributed by atoms with Crippen molar-refractivity contribution in [1.29, 1.82) is 0 Å². The molecular weight excluding hydrogens is 250 g/mol. The quantitative estimate of drug-likeness (QED) is 0.717. The number of nitrogens with one attached hydrogen (secondary N) is 1. The summed E-state index contributed by atoms with van der Waals surface area (Å²) in [4.78, 5) is 22.4. The minimum absolute atomic E-state index is 0.350. The minimum atomic E-state index is -1.08. The van der Waals surface area contributed by atoms with Crippen molar-refractivity contribution in [3.8, 4) is 5.75 Å². The maximum atomic E-state index is 11.8. The Morgan fingerprint density at radius 3 is 2.74 bits per heavy atom. The van der Waals surface area contributed by atoms with E-state index in [0.717, 1.165) is 0 Å². The Morgan fingerprint density at radius 2 is 2.11 bits per heavy atom. The number of carbonyl (C=O) groups excluding carboxylic acids is 1. The van der Waals surface area contributed by atoms with Gasteiger partial charge in [-0.15, -0.1) is 0 Å². The van der Waals surface area contributed by atoms with E-state index in [0.29, 0.717) is 24.5 Å². The number of carboxylic acids is 1. The van der Waals surface area contributed by atoms with Crippen molar-refractivity contribution in [3.63, 3.8) is 0 Å². The largest absolute Gasteiger partial charge is 0.491 e. The van der Waals surface area contributed by atoms with Crippen LogP contribution in [0.1, 0.15) is 17.3 Å². The first-order valence-corrected chi connectivity index (χ1v) is 5.80. The molecule has 0 heterocycles. The molecule has 19 heavy (non-hydrogen) atoms. The highest BCUT2D eigenvalue weighted by Gasteiger charge is 2.15. The standard InChI is InChI=1S/C13H17NO5/c1-9(13(16)17)14-12(15)10-4-3-5-11(8-10)19-7-6-18-2/h3-5,8-9H,6-7H2,1-2H3,(H,14,15)(H,16,17)/t9-/m0/s1. The van der Waals surface area contributed by atoms with Crippen LogP contribution in [0.15, 0.2) is 24.3 Å². The SMILES string of the molecule is COCCOc1cccc(C(=O)N[C@@H](C)C(=O)O)c1. The second-order valence-electron chi connectivity index (χ2n) is 3.90. The molecule has 2 N–H and O–H groups in total. The molecular formula is C13H17NO5. The summed E-state index contributed by atoms with van der Waals surface area (Å²) in [6.45, 7) is 2.23. The van der Waals surface area contributed by atoms with Crippen molar-refractivity contribution in [2.45, 2.75) is 13.0 Å². The van der Waals surface area contributed by atoms with E-state index in [1.54, 1.807) is 31.4 Å². The monoisotopic (exact) mass is 267 g/mol. The van der Waals surface area contributed by atoms with E-state index in [1.807, 2.05) is 0 Å². The Bertz CT molecular complexity index is 446. The molecule has 0 radical (unpaired) electrons. The molecule has 1 rings (SSSR count). The number of carboxylic acid groups (broad SMARTS) is 1. The van der Waals surface area contributed by atoms with Gasteiger partial charge in [0.15, 0.2) is 0 Å². The second kappa shape index (κ2) is 7.38. The molecule has 0 saturated heterocycles. The normalized spacial score (nSPS) is 11.7. The fourth-order valence-corrected chi connectivity index (χ4v) is 1.31. The molecule has 6 heteroatoms. The molecule has 0 aliphatic rings. The molecule has 0 saturated carbocycles. The Labute approximate surface area is 111 Å². The molecule has 0 bridgehead atoms. The van der Waals surface area contributed by atoms with Gasteiger partial charge in [-0.3, -0.25) is 9.59 Å². The molecule has 0 fully saturated rings. The zero-order valence-electron chi connectivity index (χ0n) is 10.9. The fraction of sp³-hybridized carbons (Fsp3) is 0.385. The van der Waals surface area contributed by atoms with Crippen LogP contribution in [0.3, 0.4) is 0 Å². The van der Waals surface area contributed by atoms with Crippen LogP contribution in [0.5, 0.6) is 5.75 Å². The van der Waals surface area contributed by atoms with Crippen LogP contribution in [0.2, 0.25) is 0 Å². The van der Waals surface area contributed by atoms with Crippen molar-refractivity contribution in [2.75, 3.05) is 20.3 Å². The van der Waals surface area contributed by atoms with Crippen LogP contribution in [0, 0.1) is 0 Å². The average Bonchev–Trinajstić information content (AvgIpc) is 2.39. The number of hydrogen-bond donors (Lipinski definition) is 2. The third kappa shape index (κ3) is 4.97. The van der Waals surface area contributed by atoms with E-state index >= 15 is 0 Å². The molecule has 0 spiro atoms. The number of hydrogen-bond acceptors (Lipinski definition) is 4. The Balaban J connectivity index is 2.65. The summed E-state index contributed by atoms with van der Waals surface area (Å²) in [7, 11) is 1.57. The van der Waals surface area contributed by atoms with Gasteiger partial charge in [-0.1, -0.05) is 6.07 Å². The molecule has 1 atom stereocenters. The maximum absolute atomic E-state index is 11.8. The van der Waals surface area contributed by atoms with Gasteiger partial charge in [0.25, 0.3) is 5.91 Å². The topological polar surface area (TPSA) is 84.9 Å². The summed E-state index contributed by atoms with van der Waals surface area (Å²) in [5.74, 6) is -0.999. The smallest absolute Gasteiger partial charge is 0.325 e. The van der Waals surface area contributed by atoms with Gasteiger partial charge in [-0.2, -0.15) is 0 Å². The average molecular weight is 267 g/mol. The molecule has 0 aromatic heterocycles. The molecule has 1 amide bonds. The van der Waals surface area contributed by atoms with Crippen molar-refractivity contribution >= 4 is 11.9 Å². The molecule has 104 valence electrons. The predicted octanol–water partition coefficient (Wildman–Crippen LogP) is 0.915. The van der Waals surface area contributed by atoms with Gasteiger partial charge in [-0.05, 0) is 25.1 Å². The van der Waals surface area contributed by atoms with Gasteiger partial charge in [0.1, 0.15) is 18.4 Å². The summed E-state index contributed by atoms with van der Waals surface area (Å²) >= 11 is 0. The molecule has 0 aliphatic heterocycles. The Hall–Kier alpha value is -2.08. The summed E-state index contributed by atoms with van der Waals surface area (Å²) < 4.78 is 10.2. The van der Waals surface area contributed by atoms with Crippen molar-refractivity contribution in [1.82, 2.24) is 5.32 Å². The lowest BCUT2D eigenvalue weighted by Crippen LogP contribution is -2.38. The predicted molar refractivity (Wildman–Crippen MR) is 68.4 cm³/mol. The zero-order valence-corrected chi connectivity index (χ0v) is 10.9. The summed E-state index contributed by atoms with van der Waals surface area (Å²) in [6, 6.07) is 5.59. The molecule has 0 unspecified atom stereocenters. The molecule has 1 aromatic carbocycles. The first-order chi connectivity index (χ1) is 9.04. The molecule has 1 aromatic rings. The third-order valence-electron chi connectivity index (χ3n) is 2.37. The lowest BCUT2D eigenvalue weighted by atomic mass is 10.2. The highest BCUT2D eigenvalue weighted by atomic mass is 16.5. The lowest BCUT2D eigenvalue weighted by Gasteiger charge is -2.10. The van der Waals surface area contributed by atoms with Crippen LogP contribution in [0.25, 0.3) is 0 Å². The van der Waals surface area contributed by atoms with Crippen molar-refractivity contribution in [2.24, 2.45) is 0 Å². The van der Waals surface area contributed by atoms with E-state index in [4.69, 9.17) is 14.6 Å². The Kier molecular flexibility index (Phi) is 5.81. The summed E-state index contributed by atoms with van der Waals surface area (Å²) in [6.07, 6.45) is 0. The first-order valence-electron chi connectivity index (χ1n) is 5.80. The van der Waals surface area contributed by atoms with E-state index in [1.165, 1.54) is 6.92 Å². The van der Waals surface area contributed by atoms with E-state index in [2.05, 4.69) is 5.32 Å². The van der Waals surface area contributed by atoms with Gasteiger partial charge >= 0.3 is 5.97 Å². The van der Waals surface area contributed by atoms with Crippen LogP contribution in [-0.2, 0) is 9.53 Å². The summed E-state index contributed by atoms with van der Waals surface area (Å²) in [5, 5.41) is 11.1. The van der Waals surface area contributed by atoms with E-state index in [-0.39, 0.29) is 0 Å². The van der Waals surface area contributed by atoms with Crippen molar-refractivity contribution < 1.29 is 24.2 Å². The number of rotatable bonds is 7. The van der Waals surface area contributed by atoms with Crippen LogP contribution < -0.4 is 10.1 Å². The highest BCUT2D eigenvalue weighted by molar-refractivity contribution is 5.96. The maximum Gasteiger partial charge on any atom is 0.325 e. The first kappa shape index (κ1) is 15.0. The Morgan fingerprint density at radius 1 is 1.37 bits per heavy atom. The number of amides is 1. The fourth-order valence-electron chi connectivity index (χ4n) is 1.31. The van der Waals surface area contributed by atoms with E-state index < -0.39 is 17.9 Å². The van der Waals surface area contributed by atoms with Crippen LogP contribution in [0.4, 0.5) is 0 Å². The number of ether oxygens (including phenoxy) is 2. The van der Waals surface area contributed by atoms with E-state index in [9.17, 15) is 9.59 Å². The van der Waals surface area contributed by atoms with Gasteiger partial charge in [0, 0.05) is 12.7 Å². The third-order valence-corrected chi connectivity index (χ3v) is 2.37. The van der Waals surface area contributed by atoms with Gasteiger partial charge in [0.05, 0.1) is 6.61 Å². The van der Waals surface area contributed by atoms with Gasteiger partial charge in [-0.25, -0.2) is 0 Å². The number of carbonyl (C=O) groups is 2. The number of aliphatic carboxylic acids is 1. The second-order valence-corrected chi connectivity index (χ2v) is 3.90. The zero-order chi connectivity index (χ0) is 14.3. The summed E-state index contributed by atoms with van der Waals surface area (Å²) in [5.41, 5.74) is 0.350. The highest BCUT2D eigenvalue weighted by Crippen LogP contribution is 2.13. The van der Waals surface area contributed by atoms with Crippen molar-refractivity contribution in [3.05, 3.63) is 29.8 Å². The molecule has 6 nitrogen and oxygen atoms in total. The number of methoxy groups -OCH3 is 1. The van der Waals surface area contributed by atoms with Crippen LogP contribution >= 0.6 is 0 Å².